The van der Waals surface area contributed by atoms with Gasteiger partial charge in [-0.3, -0.25) is 4.79 Å². The summed E-state index contributed by atoms with van der Waals surface area (Å²) in [4.78, 5) is 26.6. The van der Waals surface area contributed by atoms with Crippen LogP contribution in [0.4, 0.5) is 10.6 Å². The molecule has 2 rings (SSSR count). The topological polar surface area (TPSA) is 79.3 Å². The average molecular weight is 400 g/mol. The first-order valence-electron chi connectivity index (χ1n) is 10.1. The van der Waals surface area contributed by atoms with Gasteiger partial charge in [-0.1, -0.05) is 52.8 Å². The molecule has 0 saturated carbocycles. The first-order valence-corrected chi connectivity index (χ1v) is 10.1. The molecule has 0 bridgehead atoms. The van der Waals surface area contributed by atoms with Crippen molar-refractivity contribution in [1.82, 2.24) is 20.0 Å². The van der Waals surface area contributed by atoms with Gasteiger partial charge in [0.15, 0.2) is 0 Å². The highest BCUT2D eigenvalue weighted by Crippen LogP contribution is 2.26. The Morgan fingerprint density at radius 2 is 1.83 bits per heavy atom. The summed E-state index contributed by atoms with van der Waals surface area (Å²) in [6.45, 7) is 13.1. The smallest absolute Gasteiger partial charge is 0.317 e. The molecule has 0 saturated heterocycles. The first-order chi connectivity index (χ1) is 13.6. The van der Waals surface area contributed by atoms with E-state index in [1.54, 1.807) is 4.68 Å². The molecule has 0 aliphatic rings. The Bertz CT molecular complexity index is 821. The molecule has 0 spiro atoms. The number of amides is 3. The van der Waals surface area contributed by atoms with Crippen LogP contribution < -0.4 is 10.6 Å². The van der Waals surface area contributed by atoms with Crippen LogP contribution in [0.15, 0.2) is 36.4 Å². The summed E-state index contributed by atoms with van der Waals surface area (Å²) in [5.74, 6) is 0.591. The van der Waals surface area contributed by atoms with Crippen LogP contribution in [-0.2, 0) is 10.2 Å². The Morgan fingerprint density at radius 1 is 1.17 bits per heavy atom. The molecule has 29 heavy (non-hydrogen) atoms. The normalized spacial score (nSPS) is 11.4. The number of nitrogens with zero attached hydrogens (tertiary/aromatic N) is 3. The molecule has 0 aliphatic heterocycles. The molecule has 1 heterocycles. The van der Waals surface area contributed by atoms with Gasteiger partial charge in [0.05, 0.1) is 11.4 Å². The van der Waals surface area contributed by atoms with Gasteiger partial charge < -0.3 is 15.5 Å². The molecule has 2 aromatic rings. The Hall–Kier alpha value is -2.83. The minimum absolute atomic E-state index is 0.0190. The van der Waals surface area contributed by atoms with E-state index in [4.69, 9.17) is 5.10 Å². The number of hydrogen-bond donors (Lipinski definition) is 2. The van der Waals surface area contributed by atoms with Crippen LogP contribution in [0.2, 0.25) is 0 Å². The summed E-state index contributed by atoms with van der Waals surface area (Å²) in [5, 5.41) is 10.4. The monoisotopic (exact) mass is 399 g/mol. The lowest BCUT2D eigenvalue weighted by Crippen LogP contribution is -2.45. The molecule has 0 aliphatic carbocycles. The lowest BCUT2D eigenvalue weighted by Gasteiger charge is -2.24. The largest absolute Gasteiger partial charge is 0.338 e. The maximum atomic E-state index is 12.8. The molecule has 7 nitrogen and oxygen atoms in total. The van der Waals surface area contributed by atoms with E-state index in [0.29, 0.717) is 18.9 Å². The molecular formula is C22H33N5O2. The van der Waals surface area contributed by atoms with Crippen molar-refractivity contribution in [2.45, 2.75) is 47.0 Å². The van der Waals surface area contributed by atoms with E-state index >= 15 is 0 Å². The van der Waals surface area contributed by atoms with Gasteiger partial charge in [-0.05, 0) is 25.0 Å². The molecule has 0 radical (unpaired) electrons. The highest BCUT2D eigenvalue weighted by atomic mass is 16.2. The molecule has 0 atom stereocenters. The third-order valence-electron chi connectivity index (χ3n) is 4.28. The van der Waals surface area contributed by atoms with Gasteiger partial charge in [0.25, 0.3) is 0 Å². The number of anilines is 1. The summed E-state index contributed by atoms with van der Waals surface area (Å²) in [6.07, 6.45) is 0. The standard InChI is InChI=1S/C22H33N5O2/c1-7-23-21(29)26(14-16(2)3)15-20(28)24-19-13-18(22(4,5)6)25-27(19)17-11-9-8-10-12-17/h8-13,16H,7,14-15H2,1-6H3,(H,23,29)(H,24,28). The maximum absolute atomic E-state index is 12.8. The minimum Gasteiger partial charge on any atom is -0.338 e. The first kappa shape index (κ1) is 22.5. The van der Waals surface area contributed by atoms with Crippen LogP contribution in [0.3, 0.4) is 0 Å². The number of benzene rings is 1. The van der Waals surface area contributed by atoms with Gasteiger partial charge in [-0.25, -0.2) is 9.48 Å². The second-order valence-electron chi connectivity index (χ2n) is 8.57. The SMILES string of the molecule is CCNC(=O)N(CC(=O)Nc1cc(C(C)(C)C)nn1-c1ccccc1)CC(C)C. The van der Waals surface area contributed by atoms with Crippen molar-refractivity contribution in [3.8, 4) is 5.69 Å². The van der Waals surface area contributed by atoms with Crippen LogP contribution in [0.1, 0.15) is 47.2 Å². The quantitative estimate of drug-likeness (QED) is 0.743. The van der Waals surface area contributed by atoms with Crippen LogP contribution in [-0.4, -0.2) is 46.3 Å². The van der Waals surface area contributed by atoms with Crippen molar-refractivity contribution in [1.29, 1.82) is 0 Å². The molecule has 1 aromatic heterocycles. The minimum atomic E-state index is -0.255. The molecule has 3 amide bonds. The summed E-state index contributed by atoms with van der Waals surface area (Å²) in [7, 11) is 0. The summed E-state index contributed by atoms with van der Waals surface area (Å²) in [6, 6.07) is 11.3. The number of para-hydroxylation sites is 1. The van der Waals surface area contributed by atoms with Gasteiger partial charge in [-0.2, -0.15) is 5.10 Å². The molecule has 0 unspecified atom stereocenters. The fourth-order valence-electron chi connectivity index (χ4n) is 2.88. The number of hydrogen-bond acceptors (Lipinski definition) is 3. The number of urea groups is 1. The number of carbonyl (C=O) groups is 2. The fraction of sp³-hybridized carbons (Fsp3) is 0.500. The van der Waals surface area contributed by atoms with Crippen LogP contribution in [0, 0.1) is 5.92 Å². The van der Waals surface area contributed by atoms with Crippen molar-refractivity contribution in [3.63, 3.8) is 0 Å². The lowest BCUT2D eigenvalue weighted by atomic mass is 9.92. The van der Waals surface area contributed by atoms with Crippen molar-refractivity contribution in [2.75, 3.05) is 25.0 Å². The average Bonchev–Trinajstić information content (AvgIpc) is 3.05. The van der Waals surface area contributed by atoms with Crippen molar-refractivity contribution < 1.29 is 9.59 Å². The van der Waals surface area contributed by atoms with E-state index in [1.807, 2.05) is 57.2 Å². The van der Waals surface area contributed by atoms with E-state index in [2.05, 4.69) is 31.4 Å². The van der Waals surface area contributed by atoms with Crippen LogP contribution >= 0.6 is 0 Å². The lowest BCUT2D eigenvalue weighted by molar-refractivity contribution is -0.116. The van der Waals surface area contributed by atoms with E-state index in [1.165, 1.54) is 4.90 Å². The number of aromatic nitrogens is 2. The Morgan fingerprint density at radius 3 is 2.38 bits per heavy atom. The molecule has 158 valence electrons. The third kappa shape index (κ3) is 6.34. The van der Waals surface area contributed by atoms with Gasteiger partial charge >= 0.3 is 6.03 Å². The van der Waals surface area contributed by atoms with Crippen LogP contribution in [0.5, 0.6) is 0 Å². The molecular weight excluding hydrogens is 366 g/mol. The summed E-state index contributed by atoms with van der Waals surface area (Å²) in [5.41, 5.74) is 1.57. The zero-order chi connectivity index (χ0) is 21.6. The Labute approximate surface area is 173 Å². The summed E-state index contributed by atoms with van der Waals surface area (Å²) >= 11 is 0. The van der Waals surface area contributed by atoms with Crippen molar-refractivity contribution in [3.05, 3.63) is 42.1 Å². The van der Waals surface area contributed by atoms with E-state index in [9.17, 15) is 9.59 Å². The zero-order valence-electron chi connectivity index (χ0n) is 18.3. The van der Waals surface area contributed by atoms with Crippen molar-refractivity contribution >= 4 is 17.8 Å². The molecule has 2 N–H and O–H groups in total. The summed E-state index contributed by atoms with van der Waals surface area (Å²) < 4.78 is 1.73. The second kappa shape index (κ2) is 9.58. The Balaban J connectivity index is 2.26. The van der Waals surface area contributed by atoms with Crippen molar-refractivity contribution in [2.24, 2.45) is 5.92 Å². The second-order valence-corrected chi connectivity index (χ2v) is 8.57. The molecule has 0 fully saturated rings. The van der Waals surface area contributed by atoms with Gasteiger partial charge in [-0.15, -0.1) is 0 Å². The number of nitrogens with one attached hydrogen (secondary N) is 2. The number of rotatable bonds is 7. The van der Waals surface area contributed by atoms with E-state index < -0.39 is 0 Å². The molecule has 1 aromatic carbocycles. The highest BCUT2D eigenvalue weighted by molar-refractivity contribution is 5.94. The van der Waals surface area contributed by atoms with Crippen LogP contribution in [0.25, 0.3) is 5.69 Å². The fourth-order valence-corrected chi connectivity index (χ4v) is 2.88. The van der Waals surface area contributed by atoms with E-state index in [-0.39, 0.29) is 29.8 Å². The third-order valence-corrected chi connectivity index (χ3v) is 4.28. The molecule has 7 heteroatoms. The van der Waals surface area contributed by atoms with Gasteiger partial charge in [0, 0.05) is 24.6 Å². The maximum Gasteiger partial charge on any atom is 0.317 e. The van der Waals surface area contributed by atoms with Gasteiger partial charge in [0.1, 0.15) is 12.4 Å². The van der Waals surface area contributed by atoms with E-state index in [0.717, 1.165) is 11.4 Å². The zero-order valence-corrected chi connectivity index (χ0v) is 18.3. The predicted octanol–water partition coefficient (Wildman–Crippen LogP) is 3.80. The van der Waals surface area contributed by atoms with Gasteiger partial charge in [0.2, 0.25) is 5.91 Å². The Kier molecular flexibility index (Phi) is 7.42. The number of carbonyl (C=O) groups excluding carboxylic acids is 2. The predicted molar refractivity (Wildman–Crippen MR) is 116 cm³/mol. The highest BCUT2D eigenvalue weighted by Gasteiger charge is 2.23.